The van der Waals surface area contributed by atoms with Gasteiger partial charge in [-0.2, -0.15) is 0 Å². The molecule has 0 spiro atoms. The van der Waals surface area contributed by atoms with Crippen LogP contribution >= 0.6 is 0 Å². The molecule has 1 aliphatic carbocycles. The summed E-state index contributed by atoms with van der Waals surface area (Å²) in [6.45, 7) is 25.7. The molecular weight excluding hydrogens is 1120 g/mol. The Bertz CT molecular complexity index is 4140. The summed E-state index contributed by atoms with van der Waals surface area (Å²) in [5.74, 6) is 0.510. The Hall–Kier alpha value is -8.07. The molecule has 0 aliphatic heterocycles. The minimum atomic E-state index is -3.47. The van der Waals surface area contributed by atoms with Crippen LogP contribution in [0.25, 0.3) is 66.4 Å². The lowest BCUT2D eigenvalue weighted by molar-refractivity contribution is 0.184. The number of hydrogen-bond donors (Lipinski definition) is 0. The van der Waals surface area contributed by atoms with E-state index < -0.39 is 10.0 Å². The number of sulfonamides is 1. The fourth-order valence-electron chi connectivity index (χ4n) is 11.5. The molecule has 1 fully saturated rings. The number of fused-ring (bicyclic) bond motifs is 2. The van der Waals surface area contributed by atoms with Gasteiger partial charge in [0.05, 0.1) is 29.8 Å². The second-order valence-electron chi connectivity index (χ2n) is 23.6. The molecule has 454 valence electrons. The average Bonchev–Trinajstić information content (AvgIpc) is 2.04. The lowest BCUT2D eigenvalue weighted by Gasteiger charge is -2.23. The Morgan fingerprint density at radius 1 is 0.529 bits per heavy atom. The van der Waals surface area contributed by atoms with E-state index in [9.17, 15) is 26.0 Å². The monoisotopic (exact) mass is 1200 g/mol. The first-order valence-corrected chi connectivity index (χ1v) is 31.5. The number of hydrogen-bond acceptors (Lipinski definition) is 7. The predicted molar refractivity (Wildman–Crippen MR) is 349 cm³/mol. The molecule has 1 aliphatic rings. The minimum Gasteiger partial charge on any atom is -0.380 e. The van der Waals surface area contributed by atoms with E-state index in [1.807, 2.05) is 69.3 Å². The standard InChI is InChI=1S/C20H26FNO.C19H16FN.C18H18FN.C16H20FN3O2S/c1-12(2)19-14(5)18(15-7-9-16(21)10-8-15)17(11-23-6)20(22-19)13(3)4;1-12-18(13-8-10-15(20)11-9-13)16-4-2-3-5-17(16)21-19(12)14-6-7-14;1-12(2)20-13(3)18(14-8-10-15(19)11-9-14)16-6-4-5-7-17(16)20;1-10(2)14-11(3)15(12-6-8-13(17)9-7-12)19-16(18-14)20(4)23(5,21)22/h7-10,12-13H,11H2,1-6H3;2-5,8-11,14H,6-7H2,1H3;4-12H,1-3H3;6-10H,1-5H3. The molecule has 0 amide bonds. The maximum Gasteiger partial charge on any atom is 0.239 e. The van der Waals surface area contributed by atoms with E-state index in [2.05, 4.69) is 113 Å². The molecule has 10 aromatic rings. The zero-order valence-corrected chi connectivity index (χ0v) is 53.5. The van der Waals surface area contributed by atoms with Crippen molar-refractivity contribution in [1.29, 1.82) is 0 Å². The minimum absolute atomic E-state index is 0.101. The van der Waals surface area contributed by atoms with Gasteiger partial charge in [0, 0.05) is 81.9 Å². The van der Waals surface area contributed by atoms with Crippen molar-refractivity contribution in [2.24, 2.45) is 0 Å². The summed E-state index contributed by atoms with van der Waals surface area (Å²) in [6.07, 6.45) is 3.56. The van der Waals surface area contributed by atoms with Crippen molar-refractivity contribution in [2.45, 2.75) is 132 Å². The van der Waals surface area contributed by atoms with Gasteiger partial charge in [-0.1, -0.05) is 114 Å². The number of benzene rings is 6. The fraction of sp³-hybridized carbons (Fsp3) is 0.315. The van der Waals surface area contributed by atoms with Crippen LogP contribution in [0.1, 0.15) is 149 Å². The van der Waals surface area contributed by atoms with Gasteiger partial charge in [-0.3, -0.25) is 9.97 Å². The highest BCUT2D eigenvalue weighted by Gasteiger charge is 2.29. The largest absolute Gasteiger partial charge is 0.380 e. The molecule has 0 bridgehead atoms. The van der Waals surface area contributed by atoms with Crippen LogP contribution < -0.4 is 4.31 Å². The highest BCUT2D eigenvalue weighted by atomic mass is 32.2. The van der Waals surface area contributed by atoms with Gasteiger partial charge in [0.15, 0.2) is 0 Å². The number of ether oxygens (including phenoxy) is 1. The number of halogens is 4. The van der Waals surface area contributed by atoms with Crippen LogP contribution in [-0.4, -0.2) is 53.3 Å². The fourth-order valence-corrected chi connectivity index (χ4v) is 11.8. The van der Waals surface area contributed by atoms with E-state index in [4.69, 9.17) is 14.7 Å². The number of anilines is 1. The number of nitrogens with zero attached hydrogens (tertiary/aromatic N) is 6. The Labute approximate surface area is 511 Å². The Morgan fingerprint density at radius 3 is 1.45 bits per heavy atom. The molecule has 87 heavy (non-hydrogen) atoms. The average molecular weight is 1200 g/mol. The van der Waals surface area contributed by atoms with E-state index in [0.717, 1.165) is 83.1 Å². The summed E-state index contributed by atoms with van der Waals surface area (Å²) >= 11 is 0. The topological polar surface area (TPSA) is 103 Å². The number of methoxy groups -OCH3 is 1. The second kappa shape index (κ2) is 27.7. The SMILES string of the molecule is COCc1c(C(C)C)nc(C(C)C)c(C)c1-c1ccc(F)cc1.Cc1c(-c2ccc(F)cc2)c2ccccc2n1C(C)C.Cc1c(-c2ccc(F)cc2)nc(N(C)S(C)(=O)=O)nc1C(C)C.Cc1c(C2CC2)nc2ccccc2c1-c1ccc(F)cc1. The van der Waals surface area contributed by atoms with Gasteiger partial charge >= 0.3 is 0 Å². The van der Waals surface area contributed by atoms with Crippen molar-refractivity contribution in [3.05, 3.63) is 220 Å². The van der Waals surface area contributed by atoms with Gasteiger partial charge in [-0.05, 0) is 189 Å². The smallest absolute Gasteiger partial charge is 0.239 e. The molecule has 0 radical (unpaired) electrons. The first-order valence-electron chi connectivity index (χ1n) is 29.7. The molecule has 6 aromatic carbocycles. The maximum atomic E-state index is 13.3. The Kier molecular flexibility index (Phi) is 20.7. The van der Waals surface area contributed by atoms with E-state index in [1.165, 1.54) is 107 Å². The summed E-state index contributed by atoms with van der Waals surface area (Å²) in [7, 11) is -0.355. The van der Waals surface area contributed by atoms with Crippen LogP contribution in [-0.2, 0) is 21.4 Å². The third-order valence-electron chi connectivity index (χ3n) is 15.8. The molecule has 0 unspecified atom stereocenters. The molecule has 0 N–H and O–H groups in total. The molecule has 4 aromatic heterocycles. The van der Waals surface area contributed by atoms with Crippen molar-refractivity contribution in [3.63, 3.8) is 0 Å². The lowest BCUT2D eigenvalue weighted by atomic mass is 9.88. The highest BCUT2D eigenvalue weighted by molar-refractivity contribution is 7.92. The van der Waals surface area contributed by atoms with Gasteiger partial charge in [-0.25, -0.2) is 40.3 Å². The van der Waals surface area contributed by atoms with Gasteiger partial charge in [0.25, 0.3) is 0 Å². The number of pyridine rings is 2. The summed E-state index contributed by atoms with van der Waals surface area (Å²) in [5, 5.41) is 2.37. The molecule has 9 nitrogen and oxygen atoms in total. The molecule has 1 saturated carbocycles. The van der Waals surface area contributed by atoms with Crippen LogP contribution in [0.2, 0.25) is 0 Å². The highest BCUT2D eigenvalue weighted by Crippen LogP contribution is 2.45. The lowest BCUT2D eigenvalue weighted by Crippen LogP contribution is -2.27. The summed E-state index contributed by atoms with van der Waals surface area (Å²) < 4.78 is 85.3. The normalized spacial score (nSPS) is 12.3. The quantitative estimate of drug-likeness (QED) is 0.106. The van der Waals surface area contributed by atoms with Gasteiger partial charge in [-0.15, -0.1) is 0 Å². The first kappa shape index (κ1) is 64.9. The third kappa shape index (κ3) is 14.9. The zero-order chi connectivity index (χ0) is 63.2. The molecular formula is C73H80F4N6O3S. The predicted octanol–water partition coefficient (Wildman–Crippen LogP) is 19.3. The van der Waals surface area contributed by atoms with E-state index in [0.29, 0.717) is 36.1 Å². The van der Waals surface area contributed by atoms with E-state index >= 15 is 0 Å². The van der Waals surface area contributed by atoms with Crippen molar-refractivity contribution in [3.8, 4) is 44.6 Å². The number of aromatic nitrogens is 5. The molecule has 14 heteroatoms. The third-order valence-corrected chi connectivity index (χ3v) is 17.0. The van der Waals surface area contributed by atoms with Crippen molar-refractivity contribution in [2.75, 3.05) is 24.7 Å². The number of rotatable bonds is 13. The van der Waals surface area contributed by atoms with Crippen molar-refractivity contribution in [1.82, 2.24) is 24.5 Å². The maximum absolute atomic E-state index is 13.3. The first-order chi connectivity index (χ1) is 41.3. The van der Waals surface area contributed by atoms with Crippen molar-refractivity contribution < 1.29 is 30.7 Å². The molecule has 4 heterocycles. The Morgan fingerprint density at radius 2 is 0.977 bits per heavy atom. The van der Waals surface area contributed by atoms with Crippen molar-refractivity contribution >= 4 is 37.8 Å². The second-order valence-corrected chi connectivity index (χ2v) is 25.6. The number of para-hydroxylation sites is 2. The van der Waals surface area contributed by atoms with Crippen LogP contribution in [0, 0.1) is 51.0 Å². The van der Waals surface area contributed by atoms with E-state index in [-0.39, 0.29) is 35.1 Å². The Balaban J connectivity index is 0.000000151. The summed E-state index contributed by atoms with van der Waals surface area (Å²) in [4.78, 5) is 18.6. The van der Waals surface area contributed by atoms with E-state index in [1.54, 1.807) is 19.2 Å². The van der Waals surface area contributed by atoms with Crippen LogP contribution in [0.3, 0.4) is 0 Å². The van der Waals surface area contributed by atoms with Crippen LogP contribution in [0.4, 0.5) is 23.5 Å². The van der Waals surface area contributed by atoms with Crippen LogP contribution in [0.15, 0.2) is 146 Å². The molecule has 11 rings (SSSR count). The molecule has 0 saturated heterocycles. The summed E-state index contributed by atoms with van der Waals surface area (Å²) in [6, 6.07) is 43.2. The van der Waals surface area contributed by atoms with Gasteiger partial charge in [0.1, 0.15) is 23.3 Å². The molecule has 0 atom stereocenters. The summed E-state index contributed by atoms with van der Waals surface area (Å²) in [5.41, 5.74) is 20.0. The zero-order valence-electron chi connectivity index (χ0n) is 52.7. The van der Waals surface area contributed by atoms with Crippen LogP contribution in [0.5, 0.6) is 0 Å². The van der Waals surface area contributed by atoms with Gasteiger partial charge < -0.3 is 9.30 Å². The van der Waals surface area contributed by atoms with Gasteiger partial charge in [0.2, 0.25) is 16.0 Å².